The molecule has 0 spiro atoms. The molecule has 0 unspecified atom stereocenters. The number of rotatable bonds is 2. The molecule has 3 rings (SSSR count). The molecule has 0 aliphatic carbocycles. The van der Waals surface area contributed by atoms with Crippen molar-refractivity contribution in [3.8, 4) is 0 Å². The van der Waals surface area contributed by atoms with Gasteiger partial charge in [0.05, 0.1) is 16.2 Å². The van der Waals surface area contributed by atoms with Gasteiger partial charge in [0.25, 0.3) is 0 Å². The van der Waals surface area contributed by atoms with Gasteiger partial charge in [0.2, 0.25) is 0 Å². The lowest BCUT2D eigenvalue weighted by Gasteiger charge is -2.09. The predicted octanol–water partition coefficient (Wildman–Crippen LogP) is 3.25. The molecular formula is C13H9BrFN5. The Bertz CT molecular complexity index is 793. The molecule has 0 aliphatic heterocycles. The van der Waals surface area contributed by atoms with E-state index in [-0.39, 0.29) is 5.82 Å². The third-order valence-corrected chi connectivity index (χ3v) is 3.33. The minimum absolute atomic E-state index is 0.323. The highest BCUT2D eigenvalue weighted by Gasteiger charge is 2.06. The normalized spacial score (nSPS) is 10.7. The van der Waals surface area contributed by atoms with Gasteiger partial charge in [0.15, 0.2) is 0 Å². The van der Waals surface area contributed by atoms with Gasteiger partial charge in [-0.15, -0.1) is 0 Å². The number of hydrogen-bond donors (Lipinski definition) is 2. The topological polar surface area (TPSA) is 76.7 Å². The number of pyridine rings is 1. The minimum atomic E-state index is -0.323. The van der Waals surface area contributed by atoms with Gasteiger partial charge in [-0.1, -0.05) is 0 Å². The van der Waals surface area contributed by atoms with Gasteiger partial charge in [0.1, 0.15) is 23.8 Å². The Balaban J connectivity index is 2.05. The molecular weight excluding hydrogens is 325 g/mol. The van der Waals surface area contributed by atoms with Crippen LogP contribution < -0.4 is 11.1 Å². The van der Waals surface area contributed by atoms with E-state index in [1.54, 1.807) is 24.4 Å². The van der Waals surface area contributed by atoms with Crippen LogP contribution in [0.3, 0.4) is 0 Å². The summed E-state index contributed by atoms with van der Waals surface area (Å²) in [5, 5.41) is 3.86. The summed E-state index contributed by atoms with van der Waals surface area (Å²) in [5.41, 5.74) is 7.06. The van der Waals surface area contributed by atoms with Crippen molar-refractivity contribution >= 4 is 44.2 Å². The zero-order valence-electron chi connectivity index (χ0n) is 10.1. The number of hydrogen-bond acceptors (Lipinski definition) is 5. The van der Waals surface area contributed by atoms with E-state index >= 15 is 0 Å². The first kappa shape index (κ1) is 12.7. The van der Waals surface area contributed by atoms with Crippen molar-refractivity contribution in [2.45, 2.75) is 0 Å². The van der Waals surface area contributed by atoms with Crippen LogP contribution in [0, 0.1) is 5.82 Å². The molecule has 0 aliphatic rings. The molecule has 0 fully saturated rings. The van der Waals surface area contributed by atoms with E-state index in [0.717, 1.165) is 5.39 Å². The average Bonchev–Trinajstić information content (AvgIpc) is 2.44. The highest BCUT2D eigenvalue weighted by atomic mass is 79.9. The maximum Gasteiger partial charge on any atom is 0.141 e. The monoisotopic (exact) mass is 333 g/mol. The first-order chi connectivity index (χ1) is 9.63. The number of nitrogens with two attached hydrogens (primary N) is 1. The van der Waals surface area contributed by atoms with Crippen LogP contribution in [0.1, 0.15) is 0 Å². The molecule has 0 bridgehead atoms. The van der Waals surface area contributed by atoms with Crippen molar-refractivity contribution in [1.82, 2.24) is 15.0 Å². The number of nitrogens with zero attached hydrogens (tertiary/aromatic N) is 3. The van der Waals surface area contributed by atoms with Gasteiger partial charge in [-0.25, -0.2) is 19.3 Å². The Morgan fingerprint density at radius 2 is 2.00 bits per heavy atom. The lowest BCUT2D eigenvalue weighted by molar-refractivity contribution is 0.621. The standard InChI is InChI=1S/C13H9BrFN5/c14-9-3-7(1-2-10(9)15)20-13-8-4-12(16)17-5-11(8)18-6-19-13/h1-6H,(H2,16,17)(H,18,19,20). The van der Waals surface area contributed by atoms with Crippen LogP contribution in [0.15, 0.2) is 41.3 Å². The van der Waals surface area contributed by atoms with Crippen LogP contribution in [-0.4, -0.2) is 15.0 Å². The summed E-state index contributed by atoms with van der Waals surface area (Å²) in [6.45, 7) is 0. The summed E-state index contributed by atoms with van der Waals surface area (Å²) >= 11 is 3.14. The van der Waals surface area contributed by atoms with E-state index in [1.807, 2.05) is 0 Å². The van der Waals surface area contributed by atoms with Gasteiger partial charge in [-0.3, -0.25) is 0 Å². The largest absolute Gasteiger partial charge is 0.384 e. The van der Waals surface area contributed by atoms with Crippen LogP contribution in [0.5, 0.6) is 0 Å². The summed E-state index contributed by atoms with van der Waals surface area (Å²) in [4.78, 5) is 12.3. The van der Waals surface area contributed by atoms with Crippen LogP contribution in [-0.2, 0) is 0 Å². The van der Waals surface area contributed by atoms with E-state index in [9.17, 15) is 4.39 Å². The Kier molecular flexibility index (Phi) is 3.19. The summed E-state index contributed by atoms with van der Waals surface area (Å²) in [6, 6.07) is 6.31. The molecule has 0 atom stereocenters. The van der Waals surface area contributed by atoms with Crippen molar-refractivity contribution < 1.29 is 4.39 Å². The second kappa shape index (κ2) is 5.01. The molecule has 7 heteroatoms. The molecule has 0 saturated heterocycles. The van der Waals surface area contributed by atoms with Crippen LogP contribution in [0.4, 0.5) is 21.7 Å². The Morgan fingerprint density at radius 1 is 1.15 bits per heavy atom. The Morgan fingerprint density at radius 3 is 2.80 bits per heavy atom. The van der Waals surface area contributed by atoms with Gasteiger partial charge < -0.3 is 11.1 Å². The molecule has 0 radical (unpaired) electrons. The van der Waals surface area contributed by atoms with Gasteiger partial charge in [0, 0.05) is 11.1 Å². The molecule has 3 N–H and O–H groups in total. The second-order valence-electron chi connectivity index (χ2n) is 4.10. The molecule has 2 aromatic heterocycles. The number of anilines is 3. The summed E-state index contributed by atoms with van der Waals surface area (Å²) < 4.78 is 13.6. The summed E-state index contributed by atoms with van der Waals surface area (Å²) in [6.07, 6.45) is 3.01. The second-order valence-corrected chi connectivity index (χ2v) is 4.96. The molecule has 0 amide bonds. The van der Waals surface area contributed by atoms with E-state index in [0.29, 0.717) is 27.3 Å². The van der Waals surface area contributed by atoms with Crippen LogP contribution in [0.2, 0.25) is 0 Å². The number of nitrogen functional groups attached to an aromatic ring is 1. The first-order valence-electron chi connectivity index (χ1n) is 5.72. The lowest BCUT2D eigenvalue weighted by Crippen LogP contribution is -1.98. The van der Waals surface area contributed by atoms with Crippen molar-refractivity contribution in [1.29, 1.82) is 0 Å². The van der Waals surface area contributed by atoms with Crippen LogP contribution >= 0.6 is 15.9 Å². The van der Waals surface area contributed by atoms with Gasteiger partial charge >= 0.3 is 0 Å². The number of aromatic nitrogens is 3. The first-order valence-corrected chi connectivity index (χ1v) is 6.51. The third kappa shape index (κ3) is 2.39. The average molecular weight is 334 g/mol. The number of fused-ring (bicyclic) bond motifs is 1. The number of benzene rings is 1. The maximum atomic E-state index is 13.2. The zero-order chi connectivity index (χ0) is 14.1. The van der Waals surface area contributed by atoms with Crippen molar-refractivity contribution in [3.63, 3.8) is 0 Å². The van der Waals surface area contributed by atoms with Crippen molar-refractivity contribution in [2.24, 2.45) is 0 Å². The van der Waals surface area contributed by atoms with Crippen molar-refractivity contribution in [3.05, 3.63) is 47.1 Å². The highest BCUT2D eigenvalue weighted by molar-refractivity contribution is 9.10. The minimum Gasteiger partial charge on any atom is -0.384 e. The number of halogens is 2. The van der Waals surface area contributed by atoms with E-state index in [1.165, 1.54) is 12.4 Å². The lowest BCUT2D eigenvalue weighted by atomic mass is 10.2. The summed E-state index contributed by atoms with van der Waals surface area (Å²) in [7, 11) is 0. The Labute approximate surface area is 122 Å². The summed E-state index contributed by atoms with van der Waals surface area (Å²) in [5.74, 6) is 0.648. The molecule has 3 aromatic rings. The predicted molar refractivity (Wildman–Crippen MR) is 79.1 cm³/mol. The maximum absolute atomic E-state index is 13.2. The molecule has 20 heavy (non-hydrogen) atoms. The molecule has 2 heterocycles. The zero-order valence-corrected chi connectivity index (χ0v) is 11.7. The van der Waals surface area contributed by atoms with E-state index in [2.05, 4.69) is 36.2 Å². The SMILES string of the molecule is Nc1cc2c(Nc3ccc(F)c(Br)c3)ncnc2cn1. The highest BCUT2D eigenvalue weighted by Crippen LogP contribution is 2.26. The van der Waals surface area contributed by atoms with Gasteiger partial charge in [-0.2, -0.15) is 0 Å². The fourth-order valence-electron chi connectivity index (χ4n) is 1.79. The van der Waals surface area contributed by atoms with Crippen LogP contribution in [0.25, 0.3) is 10.9 Å². The molecule has 5 nitrogen and oxygen atoms in total. The van der Waals surface area contributed by atoms with E-state index in [4.69, 9.17) is 5.73 Å². The third-order valence-electron chi connectivity index (χ3n) is 2.73. The fourth-order valence-corrected chi connectivity index (χ4v) is 2.16. The Hall–Kier alpha value is -2.28. The van der Waals surface area contributed by atoms with Crippen molar-refractivity contribution in [2.75, 3.05) is 11.1 Å². The fraction of sp³-hybridized carbons (Fsp3) is 0. The van der Waals surface area contributed by atoms with E-state index < -0.39 is 0 Å². The quantitative estimate of drug-likeness (QED) is 0.752. The molecule has 1 aromatic carbocycles. The number of nitrogens with one attached hydrogen (secondary N) is 1. The van der Waals surface area contributed by atoms with Gasteiger partial charge in [-0.05, 0) is 40.2 Å². The molecule has 100 valence electrons. The smallest absolute Gasteiger partial charge is 0.141 e. The molecule has 0 saturated carbocycles.